The molecule has 0 bridgehead atoms. The number of halogens is 3. The second-order valence-electron chi connectivity index (χ2n) is 12.3. The number of hydrogen-bond donors (Lipinski definition) is 4. The van der Waals surface area contributed by atoms with Crippen LogP contribution in [0.2, 0.25) is 0 Å². The van der Waals surface area contributed by atoms with Crippen molar-refractivity contribution in [3.63, 3.8) is 0 Å². The van der Waals surface area contributed by atoms with Crippen molar-refractivity contribution >= 4 is 58.8 Å². The Morgan fingerprint density at radius 3 is 2.62 bits per heavy atom. The van der Waals surface area contributed by atoms with Gasteiger partial charge in [-0.05, 0) is 87.0 Å². The van der Waals surface area contributed by atoms with Gasteiger partial charge in [0.2, 0.25) is 17.7 Å². The normalized spacial score (nSPS) is 21.1. The quantitative estimate of drug-likeness (QED) is 0.254. The number of hydrogen-bond acceptors (Lipinski definition) is 7. The number of nitrogens with one attached hydrogen (secondary N) is 4. The lowest BCUT2D eigenvalue weighted by atomic mass is 10.1. The molecule has 6 rings (SSSR count). The first-order chi connectivity index (χ1) is 22.6. The molecule has 48 heavy (non-hydrogen) atoms. The second kappa shape index (κ2) is 15.2. The van der Waals surface area contributed by atoms with Crippen LogP contribution in [0.5, 0.6) is 0 Å². The van der Waals surface area contributed by atoms with Gasteiger partial charge in [-0.25, -0.2) is 18.7 Å². The fraction of sp³-hybridized carbons (Fsp3) is 0.412. The van der Waals surface area contributed by atoms with Gasteiger partial charge in [0.1, 0.15) is 29.5 Å². The van der Waals surface area contributed by atoms with Crippen LogP contribution in [0, 0.1) is 11.7 Å². The smallest absolute Gasteiger partial charge is 0.270 e. The molecule has 3 aliphatic rings. The molecule has 4 heterocycles. The summed E-state index contributed by atoms with van der Waals surface area (Å²) in [4.78, 5) is 62.1. The first kappa shape index (κ1) is 34.8. The molecule has 2 aliphatic heterocycles. The number of aromatic nitrogens is 2. The van der Waals surface area contributed by atoms with Crippen molar-refractivity contribution in [2.75, 3.05) is 25.0 Å². The third-order valence-electron chi connectivity index (χ3n) is 8.68. The molecule has 4 amide bonds. The Hall–Kier alpha value is -4.49. The van der Waals surface area contributed by atoms with E-state index in [-0.39, 0.29) is 43.0 Å². The largest absolute Gasteiger partial charge is 0.346 e. The topological polar surface area (TPSA) is 145 Å². The highest BCUT2D eigenvalue weighted by Gasteiger charge is 2.40. The molecule has 4 N–H and O–H groups in total. The molecule has 2 saturated heterocycles. The maximum Gasteiger partial charge on any atom is 0.270 e. The van der Waals surface area contributed by atoms with Crippen molar-refractivity contribution in [2.45, 2.75) is 63.3 Å². The Morgan fingerprint density at radius 1 is 1.06 bits per heavy atom. The van der Waals surface area contributed by atoms with Crippen LogP contribution < -0.4 is 21.3 Å². The highest BCUT2D eigenvalue weighted by atomic mass is 35.5. The number of alkyl halides is 1. The van der Waals surface area contributed by atoms with Gasteiger partial charge in [0, 0.05) is 11.8 Å². The fourth-order valence-corrected chi connectivity index (χ4v) is 5.95. The molecule has 4 atom stereocenters. The lowest BCUT2D eigenvalue weighted by molar-refractivity contribution is -0.138. The lowest BCUT2D eigenvalue weighted by Gasteiger charge is -2.26. The van der Waals surface area contributed by atoms with E-state index in [0.29, 0.717) is 28.3 Å². The van der Waals surface area contributed by atoms with E-state index in [1.165, 1.54) is 24.3 Å². The van der Waals surface area contributed by atoms with E-state index in [0.717, 1.165) is 42.7 Å². The van der Waals surface area contributed by atoms with Crippen molar-refractivity contribution in [3.8, 4) is 0 Å². The Labute approximate surface area is 282 Å². The van der Waals surface area contributed by atoms with Gasteiger partial charge in [-0.15, -0.1) is 12.4 Å². The summed E-state index contributed by atoms with van der Waals surface area (Å²) in [6.45, 7) is 1.77. The highest BCUT2D eigenvalue weighted by molar-refractivity contribution is 5.98. The molecule has 14 heteroatoms. The summed E-state index contributed by atoms with van der Waals surface area (Å²) in [5, 5.41) is 11.9. The number of allylic oxidation sites excluding steroid dienone is 1. The lowest BCUT2D eigenvalue weighted by Crippen LogP contribution is -2.49. The van der Waals surface area contributed by atoms with E-state index < -0.39 is 48.3 Å². The van der Waals surface area contributed by atoms with Gasteiger partial charge in [-0.3, -0.25) is 19.2 Å². The number of nitrogens with zero attached hydrogens (tertiary/aromatic N) is 3. The molecule has 0 radical (unpaired) electrons. The molecule has 1 aliphatic carbocycles. The molecule has 1 saturated carbocycles. The average Bonchev–Trinajstić information content (AvgIpc) is 3.54. The predicted octanol–water partition coefficient (Wildman–Crippen LogP) is 3.85. The zero-order valence-electron chi connectivity index (χ0n) is 26.4. The summed E-state index contributed by atoms with van der Waals surface area (Å²) in [7, 11) is 0. The standard InChI is InChI=1S/C34H37F2N7O4.ClH/c1-19(31-21(7-6-20-4-5-20)9-13-29(41-31)42-33(46)26-3-2-14-37-26)39-34(47)28-16-24(36)18-43(28)30(44)17-38-32(45)27-11-8-22-15-23(35)10-12-25(22)40-27;/h6-13,15,19-20,24,26,28,37H,2-5,14,16-18H2,1H3,(H,38,45)(H,39,47)(H,41,42,46);1H/b7-6+;/t19-,24-,26-,28+;/m1./s1. The van der Waals surface area contributed by atoms with Crippen LogP contribution in [0.1, 0.15) is 66.8 Å². The highest BCUT2D eigenvalue weighted by Crippen LogP contribution is 2.32. The number of carbonyl (C=O) groups is 4. The summed E-state index contributed by atoms with van der Waals surface area (Å²) in [6, 6.07) is 8.51. The summed E-state index contributed by atoms with van der Waals surface area (Å²) in [5.74, 6) is -1.55. The molecule has 254 valence electrons. The molecule has 3 aromatic rings. The second-order valence-corrected chi connectivity index (χ2v) is 12.3. The van der Waals surface area contributed by atoms with Crippen molar-refractivity contribution in [1.82, 2.24) is 30.8 Å². The Bertz CT molecular complexity index is 1730. The summed E-state index contributed by atoms with van der Waals surface area (Å²) in [5.41, 5.74) is 1.75. The van der Waals surface area contributed by atoms with Gasteiger partial charge < -0.3 is 26.2 Å². The van der Waals surface area contributed by atoms with Crippen LogP contribution in [-0.4, -0.2) is 76.4 Å². The van der Waals surface area contributed by atoms with Crippen molar-refractivity contribution in [1.29, 1.82) is 0 Å². The maximum absolute atomic E-state index is 14.6. The zero-order chi connectivity index (χ0) is 33.1. The molecule has 11 nitrogen and oxygen atoms in total. The molecule has 0 spiro atoms. The third-order valence-corrected chi connectivity index (χ3v) is 8.68. The van der Waals surface area contributed by atoms with Crippen molar-refractivity contribution in [3.05, 3.63) is 71.3 Å². The van der Waals surface area contributed by atoms with E-state index in [1.807, 2.05) is 12.1 Å². The van der Waals surface area contributed by atoms with Crippen LogP contribution in [0.3, 0.4) is 0 Å². The number of fused-ring (bicyclic) bond motifs is 1. The van der Waals surface area contributed by atoms with Gasteiger partial charge >= 0.3 is 0 Å². The van der Waals surface area contributed by atoms with E-state index in [1.54, 1.807) is 19.1 Å². The van der Waals surface area contributed by atoms with Crippen LogP contribution in [0.15, 0.2) is 48.5 Å². The SMILES string of the molecule is C[C@@H](NC(=O)[C@@H]1C[C@@H](F)CN1C(=O)CNC(=O)c1ccc2cc(F)ccc2n1)c1nc(NC(=O)[C@H]2CCCN2)ccc1/C=C/C1CC1.Cl. The minimum atomic E-state index is -1.42. The number of anilines is 1. The molecular formula is C34H38ClF2N7O4. The van der Waals surface area contributed by atoms with Crippen molar-refractivity contribution in [2.24, 2.45) is 5.92 Å². The first-order valence-electron chi connectivity index (χ1n) is 16.0. The Kier molecular flexibility index (Phi) is 11.0. The van der Waals surface area contributed by atoms with E-state index in [4.69, 9.17) is 0 Å². The molecule has 2 aromatic heterocycles. The van der Waals surface area contributed by atoms with Crippen LogP contribution in [0.25, 0.3) is 17.0 Å². The predicted molar refractivity (Wildman–Crippen MR) is 179 cm³/mol. The monoisotopic (exact) mass is 681 g/mol. The van der Waals surface area contributed by atoms with E-state index >= 15 is 0 Å². The van der Waals surface area contributed by atoms with Gasteiger partial charge in [-0.1, -0.05) is 18.2 Å². The zero-order valence-corrected chi connectivity index (χ0v) is 27.2. The number of likely N-dealkylation sites (tertiary alicyclic amines) is 1. The number of amides is 4. The van der Waals surface area contributed by atoms with Gasteiger partial charge in [0.25, 0.3) is 5.91 Å². The Balaban J connectivity index is 0.00000451. The number of benzene rings is 1. The average molecular weight is 682 g/mol. The van der Waals surface area contributed by atoms with Crippen LogP contribution in [-0.2, 0) is 14.4 Å². The molecular weight excluding hydrogens is 644 g/mol. The molecule has 1 aromatic carbocycles. The van der Waals surface area contributed by atoms with Crippen LogP contribution >= 0.6 is 12.4 Å². The minimum Gasteiger partial charge on any atom is -0.346 e. The molecule has 0 unspecified atom stereocenters. The fourth-order valence-electron chi connectivity index (χ4n) is 5.95. The Morgan fingerprint density at radius 2 is 1.88 bits per heavy atom. The summed E-state index contributed by atoms with van der Waals surface area (Å²) in [6.07, 6.45) is 6.35. The summed E-state index contributed by atoms with van der Waals surface area (Å²) >= 11 is 0. The van der Waals surface area contributed by atoms with Gasteiger partial charge in [-0.2, -0.15) is 0 Å². The van der Waals surface area contributed by atoms with E-state index in [9.17, 15) is 28.0 Å². The summed E-state index contributed by atoms with van der Waals surface area (Å²) < 4.78 is 28.1. The number of pyridine rings is 2. The van der Waals surface area contributed by atoms with Gasteiger partial charge in [0.05, 0.1) is 36.4 Å². The maximum atomic E-state index is 14.6. The van der Waals surface area contributed by atoms with Crippen LogP contribution in [0.4, 0.5) is 14.6 Å². The van der Waals surface area contributed by atoms with Crippen molar-refractivity contribution < 1.29 is 28.0 Å². The third kappa shape index (κ3) is 8.32. The minimum absolute atomic E-state index is 0. The first-order valence-corrected chi connectivity index (χ1v) is 16.0. The molecule has 3 fully saturated rings. The van der Waals surface area contributed by atoms with E-state index in [2.05, 4.69) is 37.3 Å². The number of rotatable bonds is 10. The number of carbonyl (C=O) groups excluding carboxylic acids is 4. The van der Waals surface area contributed by atoms with Gasteiger partial charge in [0.15, 0.2) is 0 Å².